The van der Waals surface area contributed by atoms with Crippen molar-refractivity contribution >= 4 is 34.8 Å². The molecule has 2 aromatic heterocycles. The van der Waals surface area contributed by atoms with Crippen LogP contribution in [-0.4, -0.2) is 36.9 Å². The highest BCUT2D eigenvalue weighted by molar-refractivity contribution is 6.41. The van der Waals surface area contributed by atoms with Gasteiger partial charge in [-0.15, -0.1) is 0 Å². The lowest BCUT2D eigenvalue weighted by molar-refractivity contribution is -0.386. The molecule has 0 aromatic carbocycles. The number of nitro groups is 1. The zero-order valence-electron chi connectivity index (χ0n) is 14.8. The smallest absolute Gasteiger partial charge is 0.312 e. The molecule has 26 heavy (non-hydrogen) atoms. The van der Waals surface area contributed by atoms with Crippen LogP contribution in [0.4, 0.5) is 5.69 Å². The van der Waals surface area contributed by atoms with Gasteiger partial charge in [0.25, 0.3) is 0 Å². The minimum atomic E-state index is -0.456. The first-order chi connectivity index (χ1) is 12.2. The van der Waals surface area contributed by atoms with Crippen LogP contribution in [0.5, 0.6) is 0 Å². The average Bonchev–Trinajstić information content (AvgIpc) is 2.99. The Labute approximate surface area is 160 Å². The first kappa shape index (κ1) is 20.2. The Morgan fingerprint density at radius 1 is 1.15 bits per heavy atom. The van der Waals surface area contributed by atoms with E-state index in [9.17, 15) is 14.9 Å². The van der Waals surface area contributed by atoms with E-state index in [0.717, 1.165) is 0 Å². The van der Waals surface area contributed by atoms with E-state index < -0.39 is 4.92 Å². The van der Waals surface area contributed by atoms with Crippen LogP contribution < -0.4 is 5.32 Å². The molecular formula is C15H20Cl2N6O3. The number of carbonyl (C=O) groups is 1. The van der Waals surface area contributed by atoms with Crippen molar-refractivity contribution in [2.75, 3.05) is 6.54 Å². The summed E-state index contributed by atoms with van der Waals surface area (Å²) < 4.78 is 3.09. The van der Waals surface area contributed by atoms with Gasteiger partial charge >= 0.3 is 5.69 Å². The molecule has 1 amide bonds. The molecule has 0 fully saturated rings. The van der Waals surface area contributed by atoms with Gasteiger partial charge < -0.3 is 5.32 Å². The molecule has 0 saturated carbocycles. The van der Waals surface area contributed by atoms with Crippen LogP contribution in [0, 0.1) is 30.9 Å². The van der Waals surface area contributed by atoms with E-state index in [4.69, 9.17) is 23.2 Å². The molecular weight excluding hydrogens is 383 g/mol. The van der Waals surface area contributed by atoms with Crippen molar-refractivity contribution in [3.05, 3.63) is 37.4 Å². The average molecular weight is 403 g/mol. The Kier molecular flexibility index (Phi) is 6.60. The standard InChI is InChI=1S/C15H20Cl2N6O3/c1-9-13(16)15(17)22(19-9)7-4-6-18-12(24)5-8-21-11(3)14(23(25)26)10(2)20-21/h4-8H2,1-3H3,(H,18,24). The van der Waals surface area contributed by atoms with Gasteiger partial charge in [0.2, 0.25) is 5.91 Å². The largest absolute Gasteiger partial charge is 0.356 e. The van der Waals surface area contributed by atoms with E-state index in [1.165, 1.54) is 4.68 Å². The van der Waals surface area contributed by atoms with Gasteiger partial charge in [0.15, 0.2) is 0 Å². The summed E-state index contributed by atoms with van der Waals surface area (Å²) in [5, 5.41) is 22.9. The molecule has 9 nitrogen and oxygen atoms in total. The van der Waals surface area contributed by atoms with Crippen molar-refractivity contribution in [2.45, 2.75) is 46.7 Å². The maximum absolute atomic E-state index is 11.9. The summed E-state index contributed by atoms with van der Waals surface area (Å²) in [5.41, 5.74) is 1.45. The van der Waals surface area contributed by atoms with Crippen LogP contribution in [0.3, 0.4) is 0 Å². The molecule has 0 aliphatic rings. The molecule has 0 unspecified atom stereocenters. The topological polar surface area (TPSA) is 108 Å². The van der Waals surface area contributed by atoms with Crippen LogP contribution in [0.2, 0.25) is 10.2 Å². The number of rotatable bonds is 8. The van der Waals surface area contributed by atoms with Gasteiger partial charge in [0.05, 0.1) is 17.2 Å². The number of aromatic nitrogens is 4. The van der Waals surface area contributed by atoms with E-state index in [1.807, 2.05) is 0 Å². The van der Waals surface area contributed by atoms with Crippen molar-refractivity contribution in [2.24, 2.45) is 0 Å². The Morgan fingerprint density at radius 2 is 1.81 bits per heavy atom. The van der Waals surface area contributed by atoms with Crippen molar-refractivity contribution in [3.8, 4) is 0 Å². The Hall–Kier alpha value is -2.13. The number of hydrogen-bond donors (Lipinski definition) is 1. The molecule has 2 rings (SSSR count). The van der Waals surface area contributed by atoms with Crippen LogP contribution >= 0.6 is 23.2 Å². The van der Waals surface area contributed by atoms with Gasteiger partial charge in [0, 0.05) is 19.5 Å². The second kappa shape index (κ2) is 8.50. The number of halogens is 2. The van der Waals surface area contributed by atoms with Gasteiger partial charge in [-0.05, 0) is 27.2 Å². The first-order valence-corrected chi connectivity index (χ1v) is 8.81. The van der Waals surface area contributed by atoms with Crippen LogP contribution in [-0.2, 0) is 17.9 Å². The lowest BCUT2D eigenvalue weighted by atomic mass is 10.3. The molecule has 0 aliphatic carbocycles. The summed E-state index contributed by atoms with van der Waals surface area (Å²) in [6.45, 7) is 6.26. The SMILES string of the molecule is Cc1nn(CCCNC(=O)CCn2nc(C)c([N+](=O)[O-])c2C)c(Cl)c1Cl. The maximum Gasteiger partial charge on any atom is 0.312 e. The molecule has 11 heteroatoms. The highest BCUT2D eigenvalue weighted by atomic mass is 35.5. The molecule has 2 heterocycles. The van der Waals surface area contributed by atoms with Crippen molar-refractivity contribution in [1.29, 1.82) is 0 Å². The summed E-state index contributed by atoms with van der Waals surface area (Å²) >= 11 is 12.0. The zero-order valence-corrected chi connectivity index (χ0v) is 16.3. The second-order valence-electron chi connectivity index (χ2n) is 5.87. The predicted molar refractivity (Wildman–Crippen MR) is 97.6 cm³/mol. The summed E-state index contributed by atoms with van der Waals surface area (Å²) in [5.74, 6) is -0.152. The van der Waals surface area contributed by atoms with Gasteiger partial charge in [0.1, 0.15) is 21.6 Å². The second-order valence-corrected chi connectivity index (χ2v) is 6.60. The number of aryl methyl sites for hydroxylation is 4. The third-order valence-electron chi connectivity index (χ3n) is 3.94. The minimum Gasteiger partial charge on any atom is -0.356 e. The van der Waals surface area contributed by atoms with E-state index in [2.05, 4.69) is 15.5 Å². The molecule has 142 valence electrons. The Morgan fingerprint density at radius 3 is 2.35 bits per heavy atom. The highest BCUT2D eigenvalue weighted by Gasteiger charge is 2.21. The number of hydrogen-bond acceptors (Lipinski definition) is 5. The van der Waals surface area contributed by atoms with E-state index in [1.54, 1.807) is 25.5 Å². The van der Waals surface area contributed by atoms with Crippen molar-refractivity contribution in [3.63, 3.8) is 0 Å². The van der Waals surface area contributed by atoms with Crippen LogP contribution in [0.1, 0.15) is 29.9 Å². The van der Waals surface area contributed by atoms with Crippen molar-refractivity contribution < 1.29 is 9.72 Å². The van der Waals surface area contributed by atoms with E-state index in [0.29, 0.717) is 46.8 Å². The normalized spacial score (nSPS) is 11.0. The van der Waals surface area contributed by atoms with Gasteiger partial charge in [-0.3, -0.25) is 24.3 Å². The van der Waals surface area contributed by atoms with Gasteiger partial charge in [-0.1, -0.05) is 23.2 Å². The fourth-order valence-electron chi connectivity index (χ4n) is 2.60. The zero-order chi connectivity index (χ0) is 19.4. The lowest BCUT2D eigenvalue weighted by Crippen LogP contribution is -2.26. The van der Waals surface area contributed by atoms with Crippen LogP contribution in [0.15, 0.2) is 0 Å². The number of amides is 1. The number of nitrogens with zero attached hydrogens (tertiary/aromatic N) is 5. The highest BCUT2D eigenvalue weighted by Crippen LogP contribution is 2.25. The molecule has 2 aromatic rings. The minimum absolute atomic E-state index is 0.00420. The van der Waals surface area contributed by atoms with Gasteiger partial charge in [-0.2, -0.15) is 10.2 Å². The number of nitrogens with one attached hydrogen (secondary N) is 1. The predicted octanol–water partition coefficient (Wildman–Crippen LogP) is 2.82. The number of carbonyl (C=O) groups excluding carboxylic acids is 1. The molecule has 0 bridgehead atoms. The Balaban J connectivity index is 1.77. The fourth-order valence-corrected chi connectivity index (χ4v) is 3.00. The van der Waals surface area contributed by atoms with Gasteiger partial charge in [-0.25, -0.2) is 0 Å². The Bertz CT molecular complexity index is 830. The van der Waals surface area contributed by atoms with Crippen LogP contribution in [0.25, 0.3) is 0 Å². The van der Waals surface area contributed by atoms with E-state index >= 15 is 0 Å². The van der Waals surface area contributed by atoms with Crippen molar-refractivity contribution in [1.82, 2.24) is 24.9 Å². The fraction of sp³-hybridized carbons (Fsp3) is 0.533. The molecule has 0 atom stereocenters. The van der Waals surface area contributed by atoms with E-state index in [-0.39, 0.29) is 24.6 Å². The summed E-state index contributed by atoms with van der Waals surface area (Å²) in [6.07, 6.45) is 0.834. The monoisotopic (exact) mass is 402 g/mol. The molecule has 0 spiro atoms. The first-order valence-electron chi connectivity index (χ1n) is 8.05. The summed E-state index contributed by atoms with van der Waals surface area (Å²) in [4.78, 5) is 22.5. The molecule has 0 saturated heterocycles. The lowest BCUT2D eigenvalue weighted by Gasteiger charge is -2.07. The third kappa shape index (κ3) is 4.53. The third-order valence-corrected chi connectivity index (χ3v) is 4.87. The molecule has 1 N–H and O–H groups in total. The molecule has 0 radical (unpaired) electrons. The quantitative estimate of drug-likeness (QED) is 0.414. The summed E-state index contributed by atoms with van der Waals surface area (Å²) in [7, 11) is 0. The molecule has 0 aliphatic heterocycles. The maximum atomic E-state index is 11.9. The summed E-state index contributed by atoms with van der Waals surface area (Å²) in [6, 6.07) is 0.